The number of para-hydroxylation sites is 1. The molecule has 1 aliphatic carbocycles. The Morgan fingerprint density at radius 1 is 0.742 bits per heavy atom. The van der Waals surface area contributed by atoms with Crippen LogP contribution in [0.3, 0.4) is 0 Å². The first-order valence-corrected chi connectivity index (χ1v) is 10.8. The Morgan fingerprint density at radius 2 is 1.35 bits per heavy atom. The zero-order valence-corrected chi connectivity index (χ0v) is 19.0. The van der Waals surface area contributed by atoms with Crippen molar-refractivity contribution >= 4 is 0 Å². The summed E-state index contributed by atoms with van der Waals surface area (Å²) in [5.41, 5.74) is 10.5. The van der Waals surface area contributed by atoms with Crippen LogP contribution in [0.25, 0.3) is 11.1 Å². The van der Waals surface area contributed by atoms with E-state index in [1.807, 2.05) is 48.5 Å². The van der Waals surface area contributed by atoms with Gasteiger partial charge in [-0.2, -0.15) is 0 Å². The number of ether oxygens (including phenoxy) is 1. The van der Waals surface area contributed by atoms with Gasteiger partial charge in [-0.1, -0.05) is 71.8 Å². The minimum absolute atomic E-state index is 0.156. The summed E-state index contributed by atoms with van der Waals surface area (Å²) < 4.78 is 5.83. The predicted octanol–water partition coefficient (Wildman–Crippen LogP) is 7.43. The van der Waals surface area contributed by atoms with E-state index in [0.717, 1.165) is 28.0 Å². The molecule has 0 spiro atoms. The molecule has 0 aromatic heterocycles. The van der Waals surface area contributed by atoms with Gasteiger partial charge >= 0.3 is 0 Å². The van der Waals surface area contributed by atoms with Gasteiger partial charge in [0.05, 0.1) is 7.11 Å². The first-order chi connectivity index (χ1) is 14.9. The van der Waals surface area contributed by atoms with E-state index in [1.54, 1.807) is 7.11 Å². The number of rotatable bonds is 5. The van der Waals surface area contributed by atoms with Gasteiger partial charge < -0.3 is 9.84 Å². The van der Waals surface area contributed by atoms with E-state index in [1.165, 1.54) is 27.9 Å². The minimum Gasteiger partial charge on any atom is -0.507 e. The maximum atomic E-state index is 11.3. The van der Waals surface area contributed by atoms with Crippen molar-refractivity contribution in [1.82, 2.24) is 0 Å². The SMILES string of the molecule is COc1cccc(-c2cccc(Cc3ccccc3)c2O)c1C1C(C)=C(C)C(C)=C1C. The average molecular weight is 411 g/mol. The molecule has 0 saturated heterocycles. The molecule has 0 fully saturated rings. The first kappa shape index (κ1) is 21.0. The molecule has 4 rings (SSSR count). The Morgan fingerprint density at radius 3 is 2.00 bits per heavy atom. The second-order valence-electron chi connectivity index (χ2n) is 8.45. The topological polar surface area (TPSA) is 29.5 Å². The number of allylic oxidation sites excluding steroid dienone is 4. The third-order valence-electron chi connectivity index (χ3n) is 6.83. The summed E-state index contributed by atoms with van der Waals surface area (Å²) in [4.78, 5) is 0. The molecule has 0 unspecified atom stereocenters. The largest absolute Gasteiger partial charge is 0.507 e. The van der Waals surface area contributed by atoms with Crippen molar-refractivity contribution in [1.29, 1.82) is 0 Å². The van der Waals surface area contributed by atoms with Crippen LogP contribution in [0.4, 0.5) is 0 Å². The number of hydrogen-bond acceptors (Lipinski definition) is 2. The summed E-state index contributed by atoms with van der Waals surface area (Å²) in [5, 5.41) is 11.3. The van der Waals surface area contributed by atoms with E-state index in [9.17, 15) is 5.11 Å². The molecule has 2 heteroatoms. The fraction of sp³-hybridized carbons (Fsp3) is 0.241. The molecule has 0 atom stereocenters. The lowest BCUT2D eigenvalue weighted by molar-refractivity contribution is 0.409. The molecule has 0 bridgehead atoms. The highest BCUT2D eigenvalue weighted by Gasteiger charge is 2.31. The molecule has 1 aliphatic rings. The molecular formula is C29H30O2. The monoisotopic (exact) mass is 410 g/mol. The quantitative estimate of drug-likeness (QED) is 0.474. The second kappa shape index (κ2) is 8.47. The molecule has 0 amide bonds. The molecule has 0 heterocycles. The van der Waals surface area contributed by atoms with Crippen LogP contribution in [0, 0.1) is 0 Å². The van der Waals surface area contributed by atoms with Gasteiger partial charge in [-0.05, 0) is 61.6 Å². The summed E-state index contributed by atoms with van der Waals surface area (Å²) in [7, 11) is 1.72. The van der Waals surface area contributed by atoms with Crippen molar-refractivity contribution in [2.45, 2.75) is 40.0 Å². The molecule has 0 aliphatic heterocycles. The van der Waals surface area contributed by atoms with Crippen LogP contribution >= 0.6 is 0 Å². The van der Waals surface area contributed by atoms with Crippen LogP contribution in [0.15, 0.2) is 89.0 Å². The maximum Gasteiger partial charge on any atom is 0.126 e. The molecule has 3 aromatic rings. The van der Waals surface area contributed by atoms with Crippen LogP contribution in [-0.2, 0) is 6.42 Å². The van der Waals surface area contributed by atoms with Crippen LogP contribution in [-0.4, -0.2) is 12.2 Å². The van der Waals surface area contributed by atoms with E-state index < -0.39 is 0 Å². The van der Waals surface area contributed by atoms with Gasteiger partial charge in [-0.15, -0.1) is 0 Å². The van der Waals surface area contributed by atoms with Gasteiger partial charge in [0, 0.05) is 23.5 Å². The van der Waals surface area contributed by atoms with E-state index in [0.29, 0.717) is 12.2 Å². The van der Waals surface area contributed by atoms with Crippen LogP contribution in [0.5, 0.6) is 11.5 Å². The van der Waals surface area contributed by atoms with Crippen molar-refractivity contribution in [3.63, 3.8) is 0 Å². The molecule has 0 radical (unpaired) electrons. The van der Waals surface area contributed by atoms with Gasteiger partial charge in [0.1, 0.15) is 11.5 Å². The predicted molar refractivity (Wildman–Crippen MR) is 129 cm³/mol. The van der Waals surface area contributed by atoms with E-state index in [2.05, 4.69) is 45.9 Å². The lowest BCUT2D eigenvalue weighted by Crippen LogP contribution is -2.05. The number of benzene rings is 3. The minimum atomic E-state index is 0.156. The Bertz CT molecular complexity index is 1160. The lowest BCUT2D eigenvalue weighted by Gasteiger charge is -2.23. The standard InChI is InChI=1S/C29H30O2/c1-18-19(2)21(4)27(20(18)3)28-24(14-10-16-26(28)31-5)25-15-9-13-23(29(25)30)17-22-11-7-6-8-12-22/h6-16,27,30H,17H2,1-5H3. The fourth-order valence-electron chi connectivity index (χ4n) is 4.80. The molecular weight excluding hydrogens is 380 g/mol. The Labute approximate surface area is 185 Å². The highest BCUT2D eigenvalue weighted by Crippen LogP contribution is 2.50. The van der Waals surface area contributed by atoms with Crippen molar-refractivity contribution in [2.75, 3.05) is 7.11 Å². The third-order valence-corrected chi connectivity index (χ3v) is 6.83. The third kappa shape index (κ3) is 3.67. The first-order valence-electron chi connectivity index (χ1n) is 10.8. The highest BCUT2D eigenvalue weighted by atomic mass is 16.5. The van der Waals surface area contributed by atoms with Crippen molar-refractivity contribution in [3.8, 4) is 22.6 Å². The van der Waals surface area contributed by atoms with Crippen LogP contribution in [0.2, 0.25) is 0 Å². The van der Waals surface area contributed by atoms with Crippen LogP contribution in [0.1, 0.15) is 50.3 Å². The number of phenolic OH excluding ortho intramolecular Hbond substituents is 1. The van der Waals surface area contributed by atoms with Crippen LogP contribution < -0.4 is 4.74 Å². The number of methoxy groups -OCH3 is 1. The van der Waals surface area contributed by atoms with Crippen molar-refractivity contribution in [2.24, 2.45) is 0 Å². The van der Waals surface area contributed by atoms with Gasteiger partial charge in [0.2, 0.25) is 0 Å². The number of aromatic hydroxyl groups is 1. The molecule has 3 aromatic carbocycles. The van der Waals surface area contributed by atoms with Crippen molar-refractivity contribution in [3.05, 3.63) is 106 Å². The Balaban J connectivity index is 1.88. The van der Waals surface area contributed by atoms with Gasteiger partial charge in [0.15, 0.2) is 0 Å². The van der Waals surface area contributed by atoms with E-state index in [-0.39, 0.29) is 5.92 Å². The fourth-order valence-corrected chi connectivity index (χ4v) is 4.80. The summed E-state index contributed by atoms with van der Waals surface area (Å²) in [5.74, 6) is 1.36. The second-order valence-corrected chi connectivity index (χ2v) is 8.45. The average Bonchev–Trinajstić information content (AvgIpc) is 2.98. The Hall–Kier alpha value is -3.26. The summed E-state index contributed by atoms with van der Waals surface area (Å²) in [6, 6.07) is 22.4. The van der Waals surface area contributed by atoms with Gasteiger partial charge in [-0.3, -0.25) is 0 Å². The zero-order valence-electron chi connectivity index (χ0n) is 19.0. The Kier molecular flexibility index (Phi) is 5.73. The van der Waals surface area contributed by atoms with E-state index >= 15 is 0 Å². The molecule has 0 saturated carbocycles. The summed E-state index contributed by atoms with van der Waals surface area (Å²) in [6.45, 7) is 8.81. The number of hydrogen-bond donors (Lipinski definition) is 1. The van der Waals surface area contributed by atoms with E-state index in [4.69, 9.17) is 4.74 Å². The molecule has 2 nitrogen and oxygen atoms in total. The molecule has 1 N–H and O–H groups in total. The summed E-state index contributed by atoms with van der Waals surface area (Å²) in [6.07, 6.45) is 0.694. The molecule has 31 heavy (non-hydrogen) atoms. The number of phenols is 1. The zero-order chi connectivity index (χ0) is 22.1. The molecule has 158 valence electrons. The maximum absolute atomic E-state index is 11.3. The van der Waals surface area contributed by atoms with Gasteiger partial charge in [0.25, 0.3) is 0 Å². The summed E-state index contributed by atoms with van der Waals surface area (Å²) >= 11 is 0. The highest BCUT2D eigenvalue weighted by molar-refractivity contribution is 5.79. The lowest BCUT2D eigenvalue weighted by atomic mass is 9.82. The van der Waals surface area contributed by atoms with Gasteiger partial charge in [-0.25, -0.2) is 0 Å². The smallest absolute Gasteiger partial charge is 0.126 e. The van der Waals surface area contributed by atoms with Crippen molar-refractivity contribution < 1.29 is 9.84 Å². The normalized spacial score (nSPS) is 14.5.